The Morgan fingerprint density at radius 2 is 1.79 bits per heavy atom. The molecule has 8 heteroatoms. The third-order valence-corrected chi connectivity index (χ3v) is 6.01. The predicted molar refractivity (Wildman–Crippen MR) is 108 cm³/mol. The van der Waals surface area contributed by atoms with Crippen molar-refractivity contribution in [3.8, 4) is 0 Å². The maximum absolute atomic E-state index is 13.3. The average molecular weight is 394 g/mol. The van der Waals surface area contributed by atoms with E-state index in [1.54, 1.807) is 11.8 Å². The highest BCUT2D eigenvalue weighted by atomic mass is 16.5. The van der Waals surface area contributed by atoms with Gasteiger partial charge < -0.3 is 24.3 Å². The molecule has 0 saturated carbocycles. The Balaban J connectivity index is 1.60. The maximum Gasteiger partial charge on any atom is 0.251 e. The molecule has 2 unspecified atom stereocenters. The number of ether oxygens (including phenoxy) is 1. The largest absolute Gasteiger partial charge is 0.478 e. The van der Waals surface area contributed by atoms with Gasteiger partial charge in [0.25, 0.3) is 5.91 Å². The number of likely N-dealkylation sites (tertiary alicyclic amines) is 2. The molecule has 3 aliphatic heterocycles. The van der Waals surface area contributed by atoms with Gasteiger partial charge in [-0.2, -0.15) is 0 Å². The van der Waals surface area contributed by atoms with Gasteiger partial charge in [-0.25, -0.2) is 4.99 Å². The number of nitrogens with zero attached hydrogens (tertiary/aromatic N) is 5. The second kappa shape index (κ2) is 9.22. The minimum atomic E-state index is -0.486. The van der Waals surface area contributed by atoms with Gasteiger partial charge in [0, 0.05) is 45.7 Å². The van der Waals surface area contributed by atoms with Crippen LogP contribution >= 0.6 is 0 Å². The Morgan fingerprint density at radius 1 is 1.07 bits per heavy atom. The molecular formula is C20H35N5O3. The molecule has 0 spiro atoms. The second-order valence-electron chi connectivity index (χ2n) is 8.56. The third-order valence-electron chi connectivity index (χ3n) is 6.01. The Morgan fingerprint density at radius 3 is 2.46 bits per heavy atom. The Kier molecular flexibility index (Phi) is 6.93. The van der Waals surface area contributed by atoms with E-state index in [2.05, 4.69) is 35.9 Å². The van der Waals surface area contributed by atoms with Crippen molar-refractivity contribution in [2.24, 2.45) is 4.99 Å². The first-order chi connectivity index (χ1) is 13.4. The summed E-state index contributed by atoms with van der Waals surface area (Å²) in [6, 6.07) is -0.580. The fourth-order valence-corrected chi connectivity index (χ4v) is 4.43. The van der Waals surface area contributed by atoms with Gasteiger partial charge in [0.15, 0.2) is 11.9 Å². The summed E-state index contributed by atoms with van der Waals surface area (Å²) in [5.74, 6) is 0.612. The minimum Gasteiger partial charge on any atom is -0.478 e. The molecule has 8 nitrogen and oxygen atoms in total. The number of aliphatic imine (C=N–C) groups is 1. The molecule has 2 amide bonds. The lowest BCUT2D eigenvalue weighted by molar-refractivity contribution is -0.145. The molecule has 0 aromatic heterocycles. The van der Waals surface area contributed by atoms with Crippen LogP contribution in [0.15, 0.2) is 4.99 Å². The summed E-state index contributed by atoms with van der Waals surface area (Å²) < 4.78 is 5.34. The van der Waals surface area contributed by atoms with Crippen LogP contribution in [-0.4, -0.2) is 116 Å². The van der Waals surface area contributed by atoms with E-state index in [0.29, 0.717) is 19.0 Å². The second-order valence-corrected chi connectivity index (χ2v) is 8.56. The number of hydrogen-bond donors (Lipinski definition) is 0. The lowest BCUT2D eigenvalue weighted by Crippen LogP contribution is -2.53. The molecule has 0 aromatic carbocycles. The molecule has 0 bridgehead atoms. The Bertz CT molecular complexity index is 609. The summed E-state index contributed by atoms with van der Waals surface area (Å²) in [5, 5.41) is 0. The first-order valence-corrected chi connectivity index (χ1v) is 10.5. The van der Waals surface area contributed by atoms with Crippen molar-refractivity contribution >= 4 is 17.7 Å². The SMILES string of the molecule is CC1=NC(C(=O)N2CCC[C@H]2C(=O)N2CCCC2CN(C)CCN(C)C)CO1. The van der Waals surface area contributed by atoms with Crippen LogP contribution in [0.3, 0.4) is 0 Å². The quantitative estimate of drug-likeness (QED) is 0.621. The van der Waals surface area contributed by atoms with E-state index in [4.69, 9.17) is 4.74 Å². The van der Waals surface area contributed by atoms with Crippen molar-refractivity contribution in [3.63, 3.8) is 0 Å². The van der Waals surface area contributed by atoms with Crippen LogP contribution < -0.4 is 0 Å². The van der Waals surface area contributed by atoms with Crippen LogP contribution in [0.2, 0.25) is 0 Å². The van der Waals surface area contributed by atoms with Gasteiger partial charge in [-0.3, -0.25) is 9.59 Å². The lowest BCUT2D eigenvalue weighted by Gasteiger charge is -2.33. The van der Waals surface area contributed by atoms with Gasteiger partial charge >= 0.3 is 0 Å². The zero-order valence-electron chi connectivity index (χ0n) is 17.8. The van der Waals surface area contributed by atoms with Crippen molar-refractivity contribution in [2.75, 3.05) is 60.5 Å². The van der Waals surface area contributed by atoms with E-state index in [0.717, 1.165) is 51.9 Å². The summed E-state index contributed by atoms with van der Waals surface area (Å²) in [7, 11) is 6.27. The van der Waals surface area contributed by atoms with E-state index in [1.165, 1.54) is 0 Å². The molecule has 2 fully saturated rings. The summed E-state index contributed by atoms with van der Waals surface area (Å²) in [6.45, 7) is 6.38. The number of hydrogen-bond acceptors (Lipinski definition) is 6. The van der Waals surface area contributed by atoms with Crippen LogP contribution in [0, 0.1) is 0 Å². The molecule has 3 heterocycles. The van der Waals surface area contributed by atoms with Gasteiger partial charge in [-0.15, -0.1) is 0 Å². The van der Waals surface area contributed by atoms with Crippen LogP contribution in [0.5, 0.6) is 0 Å². The van der Waals surface area contributed by atoms with E-state index in [1.807, 2.05) is 4.90 Å². The molecule has 158 valence electrons. The fourth-order valence-electron chi connectivity index (χ4n) is 4.43. The number of rotatable bonds is 7. The zero-order chi connectivity index (χ0) is 20.3. The fraction of sp³-hybridized carbons (Fsp3) is 0.850. The molecule has 0 aromatic rings. The normalized spacial score (nSPS) is 27.6. The highest BCUT2D eigenvalue weighted by Gasteiger charge is 2.42. The predicted octanol–water partition coefficient (Wildman–Crippen LogP) is 0.279. The van der Waals surface area contributed by atoms with Gasteiger partial charge in [-0.05, 0) is 46.8 Å². The molecule has 28 heavy (non-hydrogen) atoms. The standard InChI is InChI=1S/C20H35N5O3/c1-15-21-17(14-28-15)19(26)25-10-6-8-18(25)20(27)24-9-5-7-16(24)13-23(4)12-11-22(2)3/h16-18H,5-14H2,1-4H3/t16?,17?,18-/m0/s1. The van der Waals surface area contributed by atoms with Crippen molar-refractivity contribution in [1.82, 2.24) is 19.6 Å². The topological polar surface area (TPSA) is 68.7 Å². The lowest BCUT2D eigenvalue weighted by atomic mass is 10.1. The first-order valence-electron chi connectivity index (χ1n) is 10.5. The Labute approximate surface area is 168 Å². The van der Waals surface area contributed by atoms with Crippen LogP contribution in [0.1, 0.15) is 32.6 Å². The third kappa shape index (κ3) is 4.84. The van der Waals surface area contributed by atoms with E-state index in [-0.39, 0.29) is 23.9 Å². The first kappa shape index (κ1) is 21.0. The monoisotopic (exact) mass is 393 g/mol. The molecule has 3 aliphatic rings. The highest BCUT2D eigenvalue weighted by Crippen LogP contribution is 2.26. The van der Waals surface area contributed by atoms with Crippen molar-refractivity contribution in [1.29, 1.82) is 0 Å². The Hall–Kier alpha value is -1.67. The molecule has 0 aliphatic carbocycles. The molecule has 3 rings (SSSR count). The zero-order valence-corrected chi connectivity index (χ0v) is 17.8. The molecular weight excluding hydrogens is 358 g/mol. The summed E-state index contributed by atoms with van der Waals surface area (Å²) >= 11 is 0. The number of carbonyl (C=O) groups excluding carboxylic acids is 2. The molecule has 0 radical (unpaired) electrons. The van der Waals surface area contributed by atoms with Crippen molar-refractivity contribution in [3.05, 3.63) is 0 Å². The van der Waals surface area contributed by atoms with E-state index in [9.17, 15) is 9.59 Å². The van der Waals surface area contributed by atoms with Crippen LogP contribution in [-0.2, 0) is 14.3 Å². The molecule has 3 atom stereocenters. The van der Waals surface area contributed by atoms with Gasteiger partial charge in [0.2, 0.25) is 5.91 Å². The van der Waals surface area contributed by atoms with E-state index >= 15 is 0 Å². The smallest absolute Gasteiger partial charge is 0.251 e. The van der Waals surface area contributed by atoms with Crippen molar-refractivity contribution in [2.45, 2.75) is 50.7 Å². The number of likely N-dealkylation sites (N-methyl/N-ethyl adjacent to an activating group) is 2. The van der Waals surface area contributed by atoms with Crippen LogP contribution in [0.25, 0.3) is 0 Å². The average Bonchev–Trinajstić information content (AvgIpc) is 3.39. The minimum absolute atomic E-state index is 0.0634. The molecule has 0 N–H and O–H groups in total. The summed E-state index contributed by atoms with van der Waals surface area (Å²) in [6.07, 6.45) is 3.71. The molecule has 2 saturated heterocycles. The summed E-state index contributed by atoms with van der Waals surface area (Å²) in [4.78, 5) is 38.8. The van der Waals surface area contributed by atoms with Crippen molar-refractivity contribution < 1.29 is 14.3 Å². The highest BCUT2D eigenvalue weighted by molar-refractivity contribution is 5.93. The van der Waals surface area contributed by atoms with Gasteiger partial charge in [0.05, 0.1) is 0 Å². The van der Waals surface area contributed by atoms with E-state index < -0.39 is 6.04 Å². The number of carbonyl (C=O) groups is 2. The van der Waals surface area contributed by atoms with Gasteiger partial charge in [0.1, 0.15) is 12.6 Å². The van der Waals surface area contributed by atoms with Crippen LogP contribution in [0.4, 0.5) is 0 Å². The maximum atomic E-state index is 13.3. The van der Waals surface area contributed by atoms with Gasteiger partial charge in [-0.1, -0.05) is 0 Å². The number of amides is 2. The summed E-state index contributed by atoms with van der Waals surface area (Å²) in [5.41, 5.74) is 0.